The standard InChI is InChI=1S/C16H14Br2ClF/c17-10-16(11-18,13-2-1-3-15(20)8-13)9-12-4-6-14(19)7-5-12/h1-8H,9-11H2. The van der Waals surface area contributed by atoms with Crippen LogP contribution >= 0.6 is 43.5 Å². The molecule has 20 heavy (non-hydrogen) atoms. The van der Waals surface area contributed by atoms with E-state index in [0.717, 1.165) is 27.7 Å². The molecule has 2 aromatic rings. The molecule has 0 bridgehead atoms. The predicted molar refractivity (Wildman–Crippen MR) is 90.8 cm³/mol. The average Bonchev–Trinajstić information content (AvgIpc) is 2.47. The van der Waals surface area contributed by atoms with Gasteiger partial charge in [-0.3, -0.25) is 0 Å². The lowest BCUT2D eigenvalue weighted by atomic mass is 9.79. The van der Waals surface area contributed by atoms with Crippen molar-refractivity contribution in [2.75, 3.05) is 10.7 Å². The quantitative estimate of drug-likeness (QED) is 0.541. The zero-order valence-electron chi connectivity index (χ0n) is 10.8. The maximum atomic E-state index is 13.5. The number of hydrogen-bond donors (Lipinski definition) is 0. The highest BCUT2D eigenvalue weighted by atomic mass is 79.9. The van der Waals surface area contributed by atoms with Crippen molar-refractivity contribution in [1.82, 2.24) is 0 Å². The van der Waals surface area contributed by atoms with Crippen LogP contribution in [0.25, 0.3) is 0 Å². The Kier molecular flexibility index (Phi) is 5.65. The average molecular weight is 421 g/mol. The van der Waals surface area contributed by atoms with Gasteiger partial charge in [0.1, 0.15) is 5.82 Å². The third-order valence-electron chi connectivity index (χ3n) is 3.40. The lowest BCUT2D eigenvalue weighted by Gasteiger charge is -2.31. The molecule has 0 unspecified atom stereocenters. The van der Waals surface area contributed by atoms with E-state index in [-0.39, 0.29) is 11.2 Å². The van der Waals surface area contributed by atoms with E-state index in [9.17, 15) is 4.39 Å². The minimum absolute atomic E-state index is 0.185. The van der Waals surface area contributed by atoms with Gasteiger partial charge in [-0.2, -0.15) is 0 Å². The predicted octanol–water partition coefficient (Wildman–Crippen LogP) is 5.75. The maximum absolute atomic E-state index is 13.5. The van der Waals surface area contributed by atoms with Gasteiger partial charge in [0.2, 0.25) is 0 Å². The van der Waals surface area contributed by atoms with Gasteiger partial charge in [0.15, 0.2) is 0 Å². The smallest absolute Gasteiger partial charge is 0.123 e. The van der Waals surface area contributed by atoms with Crippen LogP contribution in [0, 0.1) is 5.82 Å². The van der Waals surface area contributed by atoms with Crippen LogP contribution in [-0.2, 0) is 11.8 Å². The largest absolute Gasteiger partial charge is 0.207 e. The fraction of sp³-hybridized carbons (Fsp3) is 0.250. The lowest BCUT2D eigenvalue weighted by molar-refractivity contribution is 0.541. The van der Waals surface area contributed by atoms with E-state index in [1.165, 1.54) is 11.6 Å². The number of hydrogen-bond acceptors (Lipinski definition) is 0. The van der Waals surface area contributed by atoms with Gasteiger partial charge in [0, 0.05) is 21.1 Å². The van der Waals surface area contributed by atoms with E-state index < -0.39 is 0 Å². The van der Waals surface area contributed by atoms with Crippen LogP contribution in [0.4, 0.5) is 4.39 Å². The molecule has 0 aliphatic carbocycles. The second-order valence-corrected chi connectivity index (χ2v) is 6.42. The highest BCUT2D eigenvalue weighted by molar-refractivity contribution is 9.09. The molecule has 0 atom stereocenters. The molecule has 0 spiro atoms. The first kappa shape index (κ1) is 16.0. The molecule has 0 fully saturated rings. The Bertz CT molecular complexity index is 565. The van der Waals surface area contributed by atoms with Gasteiger partial charge in [0.25, 0.3) is 0 Å². The Hall–Kier alpha value is -0.380. The van der Waals surface area contributed by atoms with Gasteiger partial charge in [0.05, 0.1) is 0 Å². The number of rotatable bonds is 5. The summed E-state index contributed by atoms with van der Waals surface area (Å²) in [5.74, 6) is -0.204. The molecular formula is C16H14Br2ClF. The van der Waals surface area contributed by atoms with Gasteiger partial charge < -0.3 is 0 Å². The van der Waals surface area contributed by atoms with Crippen LogP contribution < -0.4 is 0 Å². The van der Waals surface area contributed by atoms with Crippen molar-refractivity contribution < 1.29 is 4.39 Å². The Morgan fingerprint density at radius 2 is 1.65 bits per heavy atom. The zero-order valence-corrected chi connectivity index (χ0v) is 14.7. The van der Waals surface area contributed by atoms with Crippen molar-refractivity contribution in [3.63, 3.8) is 0 Å². The molecule has 106 valence electrons. The fourth-order valence-corrected chi connectivity index (χ4v) is 4.30. The molecule has 0 saturated carbocycles. The maximum Gasteiger partial charge on any atom is 0.123 e. The summed E-state index contributed by atoms with van der Waals surface area (Å²) >= 11 is 13.1. The number of benzene rings is 2. The third kappa shape index (κ3) is 3.63. The molecule has 0 N–H and O–H groups in total. The molecule has 0 amide bonds. The summed E-state index contributed by atoms with van der Waals surface area (Å²) in [7, 11) is 0. The minimum Gasteiger partial charge on any atom is -0.207 e. The summed E-state index contributed by atoms with van der Waals surface area (Å²) in [4.78, 5) is 0. The van der Waals surface area contributed by atoms with E-state index in [0.29, 0.717) is 0 Å². The topological polar surface area (TPSA) is 0 Å². The van der Waals surface area contributed by atoms with Crippen molar-refractivity contribution in [2.24, 2.45) is 0 Å². The van der Waals surface area contributed by atoms with Crippen LogP contribution in [-0.4, -0.2) is 10.7 Å². The van der Waals surface area contributed by atoms with Crippen molar-refractivity contribution in [2.45, 2.75) is 11.8 Å². The third-order valence-corrected chi connectivity index (χ3v) is 5.80. The molecule has 2 aromatic carbocycles. The van der Waals surface area contributed by atoms with Crippen molar-refractivity contribution in [3.05, 3.63) is 70.5 Å². The van der Waals surface area contributed by atoms with E-state index in [4.69, 9.17) is 11.6 Å². The van der Waals surface area contributed by atoms with Crippen LogP contribution in [0.5, 0.6) is 0 Å². The molecule has 0 saturated heterocycles. The minimum atomic E-state index is -0.204. The molecule has 0 heterocycles. The summed E-state index contributed by atoms with van der Waals surface area (Å²) in [5.41, 5.74) is 1.98. The normalized spacial score (nSPS) is 11.6. The summed E-state index contributed by atoms with van der Waals surface area (Å²) < 4.78 is 13.5. The first-order valence-corrected chi connectivity index (χ1v) is 8.84. The van der Waals surface area contributed by atoms with Gasteiger partial charge >= 0.3 is 0 Å². The van der Waals surface area contributed by atoms with Crippen molar-refractivity contribution in [1.29, 1.82) is 0 Å². The summed E-state index contributed by atoms with van der Waals surface area (Å²) in [6.45, 7) is 0. The summed E-state index contributed by atoms with van der Waals surface area (Å²) in [6, 6.07) is 14.6. The first-order chi connectivity index (χ1) is 9.59. The van der Waals surface area contributed by atoms with Crippen molar-refractivity contribution >= 4 is 43.5 Å². The van der Waals surface area contributed by atoms with Crippen molar-refractivity contribution in [3.8, 4) is 0 Å². The molecule has 0 aliphatic rings. The first-order valence-electron chi connectivity index (χ1n) is 6.22. The van der Waals surface area contributed by atoms with Crippen LogP contribution in [0.2, 0.25) is 5.02 Å². The second kappa shape index (κ2) is 7.06. The highest BCUT2D eigenvalue weighted by Gasteiger charge is 2.30. The van der Waals surface area contributed by atoms with Crippen LogP contribution in [0.1, 0.15) is 11.1 Å². The molecule has 2 rings (SSSR count). The second-order valence-electron chi connectivity index (χ2n) is 4.86. The number of alkyl halides is 2. The van der Waals surface area contributed by atoms with E-state index in [2.05, 4.69) is 31.9 Å². The fourth-order valence-electron chi connectivity index (χ4n) is 2.20. The Morgan fingerprint density at radius 1 is 1.00 bits per heavy atom. The molecule has 0 nitrogen and oxygen atoms in total. The van der Waals surface area contributed by atoms with E-state index >= 15 is 0 Å². The molecular weight excluding hydrogens is 406 g/mol. The van der Waals surface area contributed by atoms with E-state index in [1.807, 2.05) is 30.3 Å². The van der Waals surface area contributed by atoms with E-state index in [1.54, 1.807) is 12.1 Å². The van der Waals surface area contributed by atoms with Gasteiger partial charge in [-0.25, -0.2) is 4.39 Å². The molecule has 4 heteroatoms. The Labute approximate surface area is 140 Å². The van der Waals surface area contributed by atoms with Crippen LogP contribution in [0.15, 0.2) is 48.5 Å². The molecule has 0 aromatic heterocycles. The Balaban J connectivity index is 2.36. The SMILES string of the molecule is Fc1cccc(C(CBr)(CBr)Cc2ccc(Cl)cc2)c1. The van der Waals surface area contributed by atoms with Gasteiger partial charge in [-0.1, -0.05) is 67.7 Å². The molecule has 0 radical (unpaired) electrons. The number of halogens is 4. The molecule has 0 aliphatic heterocycles. The van der Waals surface area contributed by atoms with Gasteiger partial charge in [-0.15, -0.1) is 0 Å². The monoisotopic (exact) mass is 418 g/mol. The summed E-state index contributed by atoms with van der Waals surface area (Å²) in [5, 5.41) is 2.22. The highest BCUT2D eigenvalue weighted by Crippen LogP contribution is 2.33. The van der Waals surface area contributed by atoms with Gasteiger partial charge in [-0.05, 0) is 41.8 Å². The zero-order chi connectivity index (χ0) is 14.6. The van der Waals surface area contributed by atoms with Crippen LogP contribution in [0.3, 0.4) is 0 Å². The lowest BCUT2D eigenvalue weighted by Crippen LogP contribution is -2.33. The Morgan fingerprint density at radius 3 is 2.20 bits per heavy atom. The summed E-state index contributed by atoms with van der Waals surface area (Å²) in [6.07, 6.45) is 0.810.